The van der Waals surface area contributed by atoms with E-state index in [2.05, 4.69) is 10.6 Å². The fourth-order valence-corrected chi connectivity index (χ4v) is 3.93. The predicted octanol–water partition coefficient (Wildman–Crippen LogP) is 3.36. The fraction of sp³-hybridized carbons (Fsp3) is 0.632. The highest BCUT2D eigenvalue weighted by Gasteiger charge is 2.38. The van der Waals surface area contributed by atoms with E-state index in [4.69, 9.17) is 4.74 Å². The van der Waals surface area contributed by atoms with E-state index in [1.54, 1.807) is 6.07 Å². The summed E-state index contributed by atoms with van der Waals surface area (Å²) in [6.07, 6.45) is 0.0144. The van der Waals surface area contributed by atoms with Gasteiger partial charge in [0.15, 0.2) is 0 Å². The highest BCUT2D eigenvalue weighted by atomic mass is 19.4. The number of morpholine rings is 1. The summed E-state index contributed by atoms with van der Waals surface area (Å²) in [4.78, 5) is 12.6. The van der Waals surface area contributed by atoms with Crippen LogP contribution in [0.5, 0.6) is 0 Å². The van der Waals surface area contributed by atoms with Crippen molar-refractivity contribution < 1.29 is 22.7 Å². The molecule has 1 saturated carbocycles. The summed E-state index contributed by atoms with van der Waals surface area (Å²) in [5.74, 6) is -0.146. The number of carbonyl (C=O) groups excluding carboxylic acids is 1. The molecule has 1 unspecified atom stereocenters. The van der Waals surface area contributed by atoms with Crippen molar-refractivity contribution in [3.8, 4) is 0 Å². The van der Waals surface area contributed by atoms with E-state index >= 15 is 0 Å². The third kappa shape index (κ3) is 4.57. The molecule has 4 nitrogen and oxygen atoms in total. The van der Waals surface area contributed by atoms with Crippen molar-refractivity contribution in [1.82, 2.24) is 10.6 Å². The molecule has 1 saturated heterocycles. The third-order valence-electron chi connectivity index (χ3n) is 5.26. The number of amides is 1. The molecule has 26 heavy (non-hydrogen) atoms. The zero-order valence-electron chi connectivity index (χ0n) is 14.7. The summed E-state index contributed by atoms with van der Waals surface area (Å²) in [7, 11) is 0. The first-order valence-electron chi connectivity index (χ1n) is 9.19. The largest absolute Gasteiger partial charge is 0.416 e. The molecule has 0 radical (unpaired) electrons. The summed E-state index contributed by atoms with van der Waals surface area (Å²) in [6.45, 7) is 1.81. The van der Waals surface area contributed by atoms with Gasteiger partial charge in [0, 0.05) is 19.0 Å². The van der Waals surface area contributed by atoms with Crippen molar-refractivity contribution in [1.29, 1.82) is 0 Å². The fourth-order valence-electron chi connectivity index (χ4n) is 3.93. The van der Waals surface area contributed by atoms with E-state index in [0.717, 1.165) is 25.3 Å². The van der Waals surface area contributed by atoms with Gasteiger partial charge in [0.1, 0.15) is 0 Å². The summed E-state index contributed by atoms with van der Waals surface area (Å²) < 4.78 is 44.7. The third-order valence-corrected chi connectivity index (χ3v) is 5.26. The van der Waals surface area contributed by atoms with Gasteiger partial charge in [0.05, 0.1) is 24.3 Å². The summed E-state index contributed by atoms with van der Waals surface area (Å²) in [6, 6.07) is 5.34. The van der Waals surface area contributed by atoms with Crippen molar-refractivity contribution in [3.05, 3.63) is 35.4 Å². The van der Waals surface area contributed by atoms with Crippen LogP contribution in [-0.2, 0) is 21.2 Å². The summed E-state index contributed by atoms with van der Waals surface area (Å²) in [5.41, 5.74) is -0.837. The second-order valence-corrected chi connectivity index (χ2v) is 7.20. The zero-order valence-corrected chi connectivity index (χ0v) is 14.7. The van der Waals surface area contributed by atoms with Gasteiger partial charge in [-0.1, -0.05) is 31.4 Å². The molecule has 1 aromatic carbocycles. The van der Waals surface area contributed by atoms with Crippen molar-refractivity contribution in [3.63, 3.8) is 0 Å². The first-order valence-corrected chi connectivity index (χ1v) is 9.19. The molecular weight excluding hydrogens is 345 g/mol. The van der Waals surface area contributed by atoms with E-state index in [-0.39, 0.29) is 18.4 Å². The highest BCUT2D eigenvalue weighted by Crippen LogP contribution is 2.39. The van der Waals surface area contributed by atoms with Crippen LogP contribution in [0, 0.1) is 0 Å². The van der Waals surface area contributed by atoms with E-state index in [1.807, 2.05) is 0 Å². The smallest absolute Gasteiger partial charge is 0.378 e. The lowest BCUT2D eigenvalue weighted by Gasteiger charge is -2.39. The predicted molar refractivity (Wildman–Crippen MR) is 91.6 cm³/mol. The Hall–Kier alpha value is -1.60. The second kappa shape index (κ2) is 7.96. The van der Waals surface area contributed by atoms with Gasteiger partial charge in [-0.15, -0.1) is 0 Å². The average Bonchev–Trinajstić information content (AvgIpc) is 2.62. The van der Waals surface area contributed by atoms with Gasteiger partial charge >= 0.3 is 6.18 Å². The number of hydrogen-bond acceptors (Lipinski definition) is 3. The zero-order chi connectivity index (χ0) is 18.6. The molecule has 2 fully saturated rings. The molecule has 3 rings (SSSR count). The second-order valence-electron chi connectivity index (χ2n) is 7.20. The lowest BCUT2D eigenvalue weighted by atomic mass is 9.76. The van der Waals surface area contributed by atoms with Crippen LogP contribution in [0.2, 0.25) is 0 Å². The molecule has 0 spiro atoms. The Morgan fingerprint density at radius 1 is 1.27 bits per heavy atom. The lowest BCUT2D eigenvalue weighted by Crippen LogP contribution is -2.50. The van der Waals surface area contributed by atoms with Crippen molar-refractivity contribution in [2.45, 2.75) is 56.3 Å². The molecule has 1 aliphatic carbocycles. The van der Waals surface area contributed by atoms with Crippen LogP contribution in [0.3, 0.4) is 0 Å². The summed E-state index contributed by atoms with van der Waals surface area (Å²) in [5, 5.41) is 6.31. The minimum atomic E-state index is -4.39. The van der Waals surface area contributed by atoms with Crippen LogP contribution in [0.1, 0.15) is 49.7 Å². The maximum absolute atomic E-state index is 13.1. The first-order chi connectivity index (χ1) is 12.4. The summed E-state index contributed by atoms with van der Waals surface area (Å²) >= 11 is 0. The quantitative estimate of drug-likeness (QED) is 0.855. The lowest BCUT2D eigenvalue weighted by molar-refractivity contribution is -0.137. The minimum absolute atomic E-state index is 0.0501. The Labute approximate surface area is 151 Å². The molecule has 1 aliphatic heterocycles. The number of alkyl halides is 3. The maximum Gasteiger partial charge on any atom is 0.416 e. The Morgan fingerprint density at radius 3 is 2.69 bits per heavy atom. The number of rotatable bonds is 4. The standard InChI is InChI=1S/C19H25F3N2O2/c20-19(21,22)15-6-4-5-14(11-15)18(7-2-1-3-8-18)24-17(25)12-16-13-26-10-9-23-16/h4-6,11,16,23H,1-3,7-10,12-13H2,(H,24,25). The van der Waals surface area contributed by atoms with Gasteiger partial charge in [-0.25, -0.2) is 0 Å². The first kappa shape index (κ1) is 19.2. The van der Waals surface area contributed by atoms with Gasteiger partial charge in [-0.3, -0.25) is 4.79 Å². The van der Waals surface area contributed by atoms with Gasteiger partial charge in [-0.2, -0.15) is 13.2 Å². The van der Waals surface area contributed by atoms with E-state index in [1.165, 1.54) is 12.1 Å². The van der Waals surface area contributed by atoms with Crippen LogP contribution >= 0.6 is 0 Å². The number of benzene rings is 1. The molecule has 1 aromatic rings. The van der Waals surface area contributed by atoms with Gasteiger partial charge in [-0.05, 0) is 30.5 Å². The molecule has 144 valence electrons. The average molecular weight is 370 g/mol. The Bertz CT molecular complexity index is 621. The molecule has 1 amide bonds. The van der Waals surface area contributed by atoms with Crippen LogP contribution in [0.4, 0.5) is 13.2 Å². The number of hydrogen-bond donors (Lipinski definition) is 2. The minimum Gasteiger partial charge on any atom is -0.378 e. The van der Waals surface area contributed by atoms with Crippen molar-refractivity contribution in [2.75, 3.05) is 19.8 Å². The van der Waals surface area contributed by atoms with E-state index < -0.39 is 17.3 Å². The van der Waals surface area contributed by atoms with Crippen LogP contribution in [0.15, 0.2) is 24.3 Å². The molecule has 1 atom stereocenters. The Balaban J connectivity index is 1.79. The molecular formula is C19H25F3N2O2. The molecule has 7 heteroatoms. The Kier molecular flexibility index (Phi) is 5.87. The Morgan fingerprint density at radius 2 is 2.04 bits per heavy atom. The molecule has 1 heterocycles. The number of halogens is 3. The molecule has 2 N–H and O–H groups in total. The van der Waals surface area contributed by atoms with Crippen molar-refractivity contribution in [2.24, 2.45) is 0 Å². The van der Waals surface area contributed by atoms with Gasteiger partial charge < -0.3 is 15.4 Å². The SMILES string of the molecule is O=C(CC1COCCN1)NC1(c2cccc(C(F)(F)F)c2)CCCCC1. The topological polar surface area (TPSA) is 50.4 Å². The van der Waals surface area contributed by atoms with E-state index in [0.29, 0.717) is 38.2 Å². The normalized spacial score (nSPS) is 23.4. The van der Waals surface area contributed by atoms with Gasteiger partial charge in [0.2, 0.25) is 5.91 Å². The van der Waals surface area contributed by atoms with E-state index in [9.17, 15) is 18.0 Å². The van der Waals surface area contributed by atoms with Crippen LogP contribution in [0.25, 0.3) is 0 Å². The van der Waals surface area contributed by atoms with Crippen LogP contribution in [-0.4, -0.2) is 31.7 Å². The number of nitrogens with one attached hydrogen (secondary N) is 2. The molecule has 2 aliphatic rings. The number of carbonyl (C=O) groups is 1. The maximum atomic E-state index is 13.1. The highest BCUT2D eigenvalue weighted by molar-refractivity contribution is 5.77. The van der Waals surface area contributed by atoms with Gasteiger partial charge in [0.25, 0.3) is 0 Å². The van der Waals surface area contributed by atoms with Crippen molar-refractivity contribution >= 4 is 5.91 Å². The monoisotopic (exact) mass is 370 g/mol. The number of ether oxygens (including phenoxy) is 1. The molecule has 0 bridgehead atoms. The van der Waals surface area contributed by atoms with Crippen LogP contribution < -0.4 is 10.6 Å². The molecule has 0 aromatic heterocycles.